The van der Waals surface area contributed by atoms with E-state index in [0.717, 1.165) is 27.6 Å². The minimum atomic E-state index is -1.03. The molecule has 4 rings (SSSR count). The molecule has 4 N–H and O–H groups in total. The van der Waals surface area contributed by atoms with Crippen LogP contribution >= 0.6 is 0 Å². The number of nitrogens with two attached hydrogens (primary N) is 1. The molecule has 0 saturated heterocycles. The van der Waals surface area contributed by atoms with Gasteiger partial charge in [0, 0.05) is 54.1 Å². The third-order valence-corrected chi connectivity index (χ3v) is 4.80. The number of rotatable bonds is 3. The lowest BCUT2D eigenvalue weighted by Crippen LogP contribution is -2.05. The van der Waals surface area contributed by atoms with E-state index in [0.29, 0.717) is 22.6 Å². The van der Waals surface area contributed by atoms with Crippen LogP contribution in [0.25, 0.3) is 33.4 Å². The van der Waals surface area contributed by atoms with Gasteiger partial charge in [-0.05, 0) is 42.0 Å². The first kappa shape index (κ1) is 17.6. The summed E-state index contributed by atoms with van der Waals surface area (Å²) in [6, 6.07) is 16.3. The maximum Gasteiger partial charge on any atom is 0.336 e. The summed E-state index contributed by atoms with van der Waals surface area (Å²) in [6.45, 7) is 0. The molecule has 2 aromatic rings. The molecule has 0 fully saturated rings. The van der Waals surface area contributed by atoms with Crippen molar-refractivity contribution in [3.8, 4) is 22.5 Å². The number of nitrogens with one attached hydrogen (secondary N) is 1. The number of fused-ring (bicyclic) bond motifs is 2. The van der Waals surface area contributed by atoms with Gasteiger partial charge in [-0.15, -0.1) is 0 Å². The van der Waals surface area contributed by atoms with Gasteiger partial charge in [0.2, 0.25) is 0 Å². The summed E-state index contributed by atoms with van der Waals surface area (Å²) in [5.74, 6) is -0.400. The Morgan fingerprint density at radius 2 is 1.86 bits per heavy atom. The summed E-state index contributed by atoms with van der Waals surface area (Å²) in [6.07, 6.45) is 0. The molecule has 0 aromatic heterocycles. The largest absolute Gasteiger partial charge is 0.478 e. The monoisotopic (exact) mass is 373 g/mol. The molecule has 1 aliphatic heterocycles. The lowest BCUT2D eigenvalue weighted by Gasteiger charge is -2.17. The van der Waals surface area contributed by atoms with Gasteiger partial charge >= 0.3 is 5.97 Å². The Balaban J connectivity index is 2.19. The van der Waals surface area contributed by atoms with Gasteiger partial charge in [-0.2, -0.15) is 0 Å². The van der Waals surface area contributed by atoms with Crippen LogP contribution in [0.3, 0.4) is 0 Å². The molecule has 0 spiro atoms. The number of carboxylic acids is 1. The molecule has 1 heterocycles. The molecule has 6 heteroatoms. The Morgan fingerprint density at radius 3 is 2.57 bits per heavy atom. The third kappa shape index (κ3) is 2.85. The first-order valence-electron chi connectivity index (χ1n) is 8.76. The average molecular weight is 373 g/mol. The Labute approximate surface area is 161 Å². The fourth-order valence-electron chi connectivity index (χ4n) is 3.42. The highest BCUT2D eigenvalue weighted by atomic mass is 16.4. The predicted molar refractivity (Wildman–Crippen MR) is 111 cm³/mol. The predicted octanol–water partition coefficient (Wildman–Crippen LogP) is 4.06. The summed E-state index contributed by atoms with van der Waals surface area (Å²) in [5.41, 5.74) is 10.1. The fourth-order valence-corrected chi connectivity index (χ4v) is 3.42. The SMILES string of the molecule is C/N=c1/ccc2c(-c3ccc(N)cc3C(=O)O)c3ccc(NC)cc3oc-2c1. The maximum atomic E-state index is 11.9. The van der Waals surface area contributed by atoms with Crippen LogP contribution in [-0.2, 0) is 0 Å². The topological polar surface area (TPSA) is 101 Å². The summed E-state index contributed by atoms with van der Waals surface area (Å²) in [7, 11) is 3.55. The van der Waals surface area contributed by atoms with Crippen molar-refractivity contribution in [2.75, 3.05) is 25.1 Å². The zero-order chi connectivity index (χ0) is 19.8. The molecule has 2 aliphatic rings. The molecule has 28 heavy (non-hydrogen) atoms. The van der Waals surface area contributed by atoms with Gasteiger partial charge in [-0.3, -0.25) is 4.99 Å². The Morgan fingerprint density at radius 1 is 1.07 bits per heavy atom. The van der Waals surface area contributed by atoms with Crippen LogP contribution in [0.15, 0.2) is 64.0 Å². The van der Waals surface area contributed by atoms with Gasteiger partial charge in [0.25, 0.3) is 0 Å². The number of aromatic carboxylic acids is 1. The van der Waals surface area contributed by atoms with Crippen LogP contribution in [0.2, 0.25) is 0 Å². The second-order valence-electron chi connectivity index (χ2n) is 6.45. The van der Waals surface area contributed by atoms with Crippen molar-refractivity contribution in [3.05, 3.63) is 65.5 Å². The van der Waals surface area contributed by atoms with E-state index in [4.69, 9.17) is 10.2 Å². The molecule has 1 aliphatic carbocycles. The molecule has 0 saturated carbocycles. The second-order valence-corrected chi connectivity index (χ2v) is 6.45. The number of hydrogen-bond donors (Lipinski definition) is 3. The minimum Gasteiger partial charge on any atom is -0.478 e. The number of nitrogens with zero attached hydrogens (tertiary/aromatic N) is 1. The van der Waals surface area contributed by atoms with Crippen LogP contribution < -0.4 is 16.4 Å². The summed E-state index contributed by atoms with van der Waals surface area (Å²) < 4.78 is 6.15. The number of anilines is 2. The Hall–Kier alpha value is -3.80. The van der Waals surface area contributed by atoms with Crippen molar-refractivity contribution in [1.29, 1.82) is 0 Å². The van der Waals surface area contributed by atoms with Crippen molar-refractivity contribution in [3.63, 3.8) is 0 Å². The van der Waals surface area contributed by atoms with E-state index < -0.39 is 5.97 Å². The molecule has 0 bridgehead atoms. The van der Waals surface area contributed by atoms with Crippen molar-refractivity contribution in [1.82, 2.24) is 0 Å². The smallest absolute Gasteiger partial charge is 0.336 e. The lowest BCUT2D eigenvalue weighted by molar-refractivity contribution is 0.0698. The zero-order valence-corrected chi connectivity index (χ0v) is 15.5. The first-order valence-corrected chi connectivity index (χ1v) is 8.76. The summed E-state index contributed by atoms with van der Waals surface area (Å²) in [4.78, 5) is 16.1. The normalized spacial score (nSPS) is 11.9. The maximum absolute atomic E-state index is 11.9. The van der Waals surface area contributed by atoms with Crippen molar-refractivity contribution in [2.45, 2.75) is 0 Å². The van der Waals surface area contributed by atoms with Gasteiger partial charge in [0.15, 0.2) is 0 Å². The molecule has 0 radical (unpaired) electrons. The number of nitrogen functional groups attached to an aromatic ring is 1. The highest BCUT2D eigenvalue weighted by Crippen LogP contribution is 2.42. The van der Waals surface area contributed by atoms with E-state index in [9.17, 15) is 9.90 Å². The van der Waals surface area contributed by atoms with Crippen LogP contribution in [0.5, 0.6) is 0 Å². The van der Waals surface area contributed by atoms with Crippen LogP contribution in [-0.4, -0.2) is 25.2 Å². The van der Waals surface area contributed by atoms with Gasteiger partial charge in [0.05, 0.1) is 10.9 Å². The van der Waals surface area contributed by atoms with E-state index in [1.54, 1.807) is 19.2 Å². The van der Waals surface area contributed by atoms with Crippen molar-refractivity contribution >= 4 is 28.3 Å². The van der Waals surface area contributed by atoms with Crippen molar-refractivity contribution < 1.29 is 14.3 Å². The van der Waals surface area contributed by atoms with E-state index in [2.05, 4.69) is 10.3 Å². The van der Waals surface area contributed by atoms with Gasteiger partial charge < -0.3 is 20.6 Å². The quantitative estimate of drug-likeness (QED) is 0.371. The summed E-state index contributed by atoms with van der Waals surface area (Å²) in [5, 5.41) is 14.5. The molecule has 0 amide bonds. The standard InChI is InChI=1S/C22H19N3O3/c1-24-13-4-7-16-19(10-13)28-20-11-14(25-2)5-8-17(20)21(16)15-6-3-12(23)9-18(15)22(26)27/h3-11,24H,23H2,1-2H3,(H,26,27)/b25-14-. The van der Waals surface area contributed by atoms with E-state index in [1.165, 1.54) is 6.07 Å². The lowest BCUT2D eigenvalue weighted by atomic mass is 9.90. The Kier molecular flexibility index (Phi) is 4.24. The average Bonchev–Trinajstić information content (AvgIpc) is 2.71. The van der Waals surface area contributed by atoms with Crippen LogP contribution in [0, 0.1) is 0 Å². The Bertz CT molecular complexity index is 1260. The molecule has 140 valence electrons. The minimum absolute atomic E-state index is 0.149. The van der Waals surface area contributed by atoms with Gasteiger partial charge in [-0.25, -0.2) is 4.79 Å². The summed E-state index contributed by atoms with van der Waals surface area (Å²) >= 11 is 0. The molecular weight excluding hydrogens is 354 g/mol. The number of hydrogen-bond acceptors (Lipinski definition) is 5. The van der Waals surface area contributed by atoms with E-state index in [-0.39, 0.29) is 5.56 Å². The second kappa shape index (κ2) is 6.74. The number of carbonyl (C=O) groups is 1. The van der Waals surface area contributed by atoms with Gasteiger partial charge in [0.1, 0.15) is 11.3 Å². The number of benzene rings is 3. The molecule has 0 unspecified atom stereocenters. The van der Waals surface area contributed by atoms with Gasteiger partial charge in [-0.1, -0.05) is 6.07 Å². The fraction of sp³-hybridized carbons (Fsp3) is 0.0909. The van der Waals surface area contributed by atoms with E-state index in [1.807, 2.05) is 43.4 Å². The molecule has 2 aromatic carbocycles. The molecular formula is C22H19N3O3. The number of carboxylic acid groups (broad SMARTS) is 1. The van der Waals surface area contributed by atoms with Crippen molar-refractivity contribution in [2.24, 2.45) is 4.99 Å². The third-order valence-electron chi connectivity index (χ3n) is 4.80. The molecule has 0 atom stereocenters. The molecule has 6 nitrogen and oxygen atoms in total. The van der Waals surface area contributed by atoms with Crippen LogP contribution in [0.1, 0.15) is 10.4 Å². The highest BCUT2D eigenvalue weighted by molar-refractivity contribution is 6.08. The van der Waals surface area contributed by atoms with E-state index >= 15 is 0 Å². The highest BCUT2D eigenvalue weighted by Gasteiger charge is 2.21. The van der Waals surface area contributed by atoms with Crippen LogP contribution in [0.4, 0.5) is 11.4 Å². The first-order chi connectivity index (χ1) is 13.5. The zero-order valence-electron chi connectivity index (χ0n) is 15.5.